The summed E-state index contributed by atoms with van der Waals surface area (Å²) in [6, 6.07) is 1.34. The number of hydrogen-bond acceptors (Lipinski definition) is 5. The molecule has 0 aliphatic rings. The largest absolute Gasteiger partial charge is 0.476 e. The third-order valence-electron chi connectivity index (χ3n) is 1.27. The monoisotopic (exact) mass is 186 g/mol. The molecule has 13 heavy (non-hydrogen) atoms. The number of aromatic carboxylic acids is 1. The van der Waals surface area contributed by atoms with Crippen LogP contribution in [0.25, 0.3) is 0 Å². The van der Waals surface area contributed by atoms with Gasteiger partial charge in [-0.05, 0) is 6.92 Å². The molecule has 2 N–H and O–H groups in total. The van der Waals surface area contributed by atoms with Gasteiger partial charge in [-0.1, -0.05) is 5.16 Å². The number of hydrogen-bond donors (Lipinski definition) is 2. The van der Waals surface area contributed by atoms with E-state index in [1.165, 1.54) is 6.07 Å². The fourth-order valence-electron chi connectivity index (χ4n) is 0.721. The molecule has 0 fully saturated rings. The lowest BCUT2D eigenvalue weighted by Gasteiger charge is -1.97. The summed E-state index contributed by atoms with van der Waals surface area (Å²) < 4.78 is 4.70. The molecule has 6 heteroatoms. The van der Waals surface area contributed by atoms with Gasteiger partial charge in [-0.2, -0.15) is 5.48 Å². The van der Waals surface area contributed by atoms with Gasteiger partial charge >= 0.3 is 5.97 Å². The molecular formula is C7H10N2O4. The minimum Gasteiger partial charge on any atom is -0.476 e. The van der Waals surface area contributed by atoms with E-state index in [4.69, 9.17) is 14.5 Å². The lowest BCUT2D eigenvalue weighted by molar-refractivity contribution is 0.0414. The van der Waals surface area contributed by atoms with Crippen molar-refractivity contribution in [2.24, 2.45) is 0 Å². The summed E-state index contributed by atoms with van der Waals surface area (Å²) in [6.07, 6.45) is 0. The van der Waals surface area contributed by atoms with Crippen LogP contribution in [0, 0.1) is 0 Å². The third-order valence-corrected chi connectivity index (χ3v) is 1.27. The van der Waals surface area contributed by atoms with Crippen LogP contribution in [0.3, 0.4) is 0 Å². The maximum atomic E-state index is 10.4. The molecular weight excluding hydrogens is 176 g/mol. The van der Waals surface area contributed by atoms with Gasteiger partial charge in [0.2, 0.25) is 0 Å². The molecule has 0 bridgehead atoms. The number of carboxylic acid groups (broad SMARTS) is 1. The third kappa shape index (κ3) is 2.85. The second kappa shape index (κ2) is 4.58. The number of rotatable bonds is 5. The highest BCUT2D eigenvalue weighted by molar-refractivity contribution is 5.85. The van der Waals surface area contributed by atoms with Gasteiger partial charge in [-0.3, -0.25) is 0 Å². The second-order valence-electron chi connectivity index (χ2n) is 2.24. The molecule has 0 aliphatic carbocycles. The number of carbonyl (C=O) groups is 1. The molecule has 0 unspecified atom stereocenters. The van der Waals surface area contributed by atoms with Crippen LogP contribution in [0.15, 0.2) is 10.6 Å². The summed E-state index contributed by atoms with van der Waals surface area (Å²) in [4.78, 5) is 15.2. The molecule has 72 valence electrons. The van der Waals surface area contributed by atoms with E-state index in [9.17, 15) is 4.79 Å². The topological polar surface area (TPSA) is 84.6 Å². The van der Waals surface area contributed by atoms with E-state index < -0.39 is 5.97 Å². The highest BCUT2D eigenvalue weighted by Crippen LogP contribution is 2.02. The molecule has 1 heterocycles. The van der Waals surface area contributed by atoms with Crippen molar-refractivity contribution in [1.29, 1.82) is 0 Å². The minimum atomic E-state index is -1.11. The summed E-state index contributed by atoms with van der Waals surface area (Å²) in [5.74, 6) is -0.683. The van der Waals surface area contributed by atoms with Crippen LogP contribution in [-0.4, -0.2) is 22.8 Å². The molecule has 0 saturated heterocycles. The normalized spacial score (nSPS) is 10.2. The summed E-state index contributed by atoms with van der Waals surface area (Å²) >= 11 is 0. The van der Waals surface area contributed by atoms with Crippen molar-refractivity contribution in [2.75, 3.05) is 6.61 Å². The molecule has 1 aromatic rings. The standard InChI is InChI=1S/C7H10N2O4/c1-2-12-8-4-5-3-6(7(10)11)9-13-5/h3,8H,2,4H2,1H3,(H,10,11). The number of nitrogens with zero attached hydrogens (tertiary/aromatic N) is 1. The second-order valence-corrected chi connectivity index (χ2v) is 2.24. The quantitative estimate of drug-likeness (QED) is 0.512. The first-order valence-electron chi connectivity index (χ1n) is 3.77. The van der Waals surface area contributed by atoms with Crippen LogP contribution in [0.2, 0.25) is 0 Å². The van der Waals surface area contributed by atoms with Gasteiger partial charge in [-0.15, -0.1) is 0 Å². The van der Waals surface area contributed by atoms with E-state index in [0.29, 0.717) is 18.9 Å². The number of nitrogens with one attached hydrogen (secondary N) is 1. The van der Waals surface area contributed by atoms with Crippen LogP contribution in [0.1, 0.15) is 23.2 Å². The summed E-state index contributed by atoms with van der Waals surface area (Å²) in [5, 5.41) is 11.8. The molecule has 0 amide bonds. The Morgan fingerprint density at radius 3 is 3.15 bits per heavy atom. The first-order valence-corrected chi connectivity index (χ1v) is 3.77. The summed E-state index contributed by atoms with van der Waals surface area (Å²) in [7, 11) is 0. The molecule has 0 atom stereocenters. The number of carboxylic acids is 1. The first-order chi connectivity index (χ1) is 6.24. The van der Waals surface area contributed by atoms with Gasteiger partial charge in [0.05, 0.1) is 13.2 Å². The predicted molar refractivity (Wildman–Crippen MR) is 41.9 cm³/mol. The zero-order chi connectivity index (χ0) is 9.68. The average molecular weight is 186 g/mol. The van der Waals surface area contributed by atoms with Crippen molar-refractivity contribution in [3.8, 4) is 0 Å². The lowest BCUT2D eigenvalue weighted by Crippen LogP contribution is -2.12. The van der Waals surface area contributed by atoms with E-state index in [2.05, 4.69) is 10.6 Å². The summed E-state index contributed by atoms with van der Waals surface area (Å²) in [6.45, 7) is 2.66. The molecule has 0 radical (unpaired) electrons. The van der Waals surface area contributed by atoms with Crippen LogP contribution in [0.5, 0.6) is 0 Å². The van der Waals surface area contributed by atoms with Gasteiger partial charge in [0.25, 0.3) is 0 Å². The van der Waals surface area contributed by atoms with E-state index in [-0.39, 0.29) is 5.69 Å². The SMILES string of the molecule is CCONCc1cc(C(=O)O)no1. The predicted octanol–water partition coefficient (Wildman–Crippen LogP) is 0.414. The Hall–Kier alpha value is -1.40. The lowest BCUT2D eigenvalue weighted by atomic mass is 10.4. The van der Waals surface area contributed by atoms with Gasteiger partial charge in [-0.25, -0.2) is 4.79 Å². The Kier molecular flexibility index (Phi) is 3.41. The van der Waals surface area contributed by atoms with Gasteiger partial charge in [0, 0.05) is 6.07 Å². The number of hydroxylamine groups is 1. The Bertz CT molecular complexity index is 284. The fraction of sp³-hybridized carbons (Fsp3) is 0.429. The Balaban J connectivity index is 2.44. The maximum Gasteiger partial charge on any atom is 0.358 e. The zero-order valence-corrected chi connectivity index (χ0v) is 7.11. The highest BCUT2D eigenvalue weighted by atomic mass is 16.6. The van der Waals surface area contributed by atoms with Crippen molar-refractivity contribution >= 4 is 5.97 Å². The fourth-order valence-corrected chi connectivity index (χ4v) is 0.721. The summed E-state index contributed by atoms with van der Waals surface area (Å²) in [5.41, 5.74) is 2.47. The molecule has 6 nitrogen and oxygen atoms in total. The van der Waals surface area contributed by atoms with Gasteiger partial charge in [0.1, 0.15) is 0 Å². The van der Waals surface area contributed by atoms with Crippen LogP contribution >= 0.6 is 0 Å². The average Bonchev–Trinajstić information content (AvgIpc) is 2.53. The zero-order valence-electron chi connectivity index (χ0n) is 7.11. The van der Waals surface area contributed by atoms with E-state index in [0.717, 1.165) is 0 Å². The first kappa shape index (κ1) is 9.69. The van der Waals surface area contributed by atoms with Crippen LogP contribution in [0.4, 0.5) is 0 Å². The van der Waals surface area contributed by atoms with Gasteiger partial charge in [0.15, 0.2) is 11.5 Å². The molecule has 1 rings (SSSR count). The molecule has 0 aliphatic heterocycles. The van der Waals surface area contributed by atoms with Gasteiger partial charge < -0.3 is 14.5 Å². The minimum absolute atomic E-state index is 0.103. The van der Waals surface area contributed by atoms with Crippen molar-refractivity contribution in [3.05, 3.63) is 17.5 Å². The van der Waals surface area contributed by atoms with Crippen LogP contribution < -0.4 is 5.48 Å². The Morgan fingerprint density at radius 1 is 1.85 bits per heavy atom. The Morgan fingerprint density at radius 2 is 2.62 bits per heavy atom. The van der Waals surface area contributed by atoms with E-state index >= 15 is 0 Å². The van der Waals surface area contributed by atoms with Crippen molar-refractivity contribution in [1.82, 2.24) is 10.6 Å². The van der Waals surface area contributed by atoms with Crippen molar-refractivity contribution < 1.29 is 19.3 Å². The smallest absolute Gasteiger partial charge is 0.358 e. The highest BCUT2D eigenvalue weighted by Gasteiger charge is 2.09. The van der Waals surface area contributed by atoms with E-state index in [1.54, 1.807) is 0 Å². The van der Waals surface area contributed by atoms with Crippen molar-refractivity contribution in [3.63, 3.8) is 0 Å². The van der Waals surface area contributed by atoms with Crippen LogP contribution in [-0.2, 0) is 11.4 Å². The molecule has 0 saturated carbocycles. The van der Waals surface area contributed by atoms with E-state index in [1.807, 2.05) is 6.92 Å². The molecule has 1 aromatic heterocycles. The molecule has 0 spiro atoms. The number of aromatic nitrogens is 1. The molecule has 0 aromatic carbocycles. The van der Waals surface area contributed by atoms with Crippen molar-refractivity contribution in [2.45, 2.75) is 13.5 Å². The Labute approximate surface area is 74.4 Å². The maximum absolute atomic E-state index is 10.4.